The van der Waals surface area contributed by atoms with Crippen LogP contribution in [0.4, 0.5) is 5.13 Å². The van der Waals surface area contributed by atoms with E-state index in [2.05, 4.69) is 14.7 Å². The summed E-state index contributed by atoms with van der Waals surface area (Å²) in [6, 6.07) is 0. The number of nitrogens with one attached hydrogen (secondary N) is 1. The van der Waals surface area contributed by atoms with Crippen molar-refractivity contribution < 1.29 is 4.74 Å². The predicted molar refractivity (Wildman–Crippen MR) is 63.9 cm³/mol. The summed E-state index contributed by atoms with van der Waals surface area (Å²) >= 11 is 1.47. The highest BCUT2D eigenvalue weighted by Gasteiger charge is 2.27. The topological polar surface area (TPSA) is 47.0 Å². The zero-order valence-corrected chi connectivity index (χ0v) is 10.1. The Morgan fingerprint density at radius 3 is 2.94 bits per heavy atom. The Morgan fingerprint density at radius 2 is 2.19 bits per heavy atom. The molecule has 88 valence electrons. The second-order valence-corrected chi connectivity index (χ2v) is 5.43. The van der Waals surface area contributed by atoms with Crippen molar-refractivity contribution in [2.75, 3.05) is 25.1 Å². The summed E-state index contributed by atoms with van der Waals surface area (Å²) in [6.07, 6.45) is 5.24. The summed E-state index contributed by atoms with van der Waals surface area (Å²) in [5.74, 6) is 2.53. The molecule has 4 nitrogen and oxygen atoms in total. The van der Waals surface area contributed by atoms with Gasteiger partial charge in [0.25, 0.3) is 0 Å². The second kappa shape index (κ2) is 4.67. The summed E-state index contributed by atoms with van der Waals surface area (Å²) < 4.78 is 9.88. The first-order chi connectivity index (χ1) is 7.92. The first kappa shape index (κ1) is 10.5. The van der Waals surface area contributed by atoms with E-state index in [4.69, 9.17) is 4.74 Å². The van der Waals surface area contributed by atoms with Crippen LogP contribution < -0.4 is 5.32 Å². The maximum absolute atomic E-state index is 5.54. The summed E-state index contributed by atoms with van der Waals surface area (Å²) in [7, 11) is 0. The third-order valence-electron chi connectivity index (χ3n) is 2.96. The molecular formula is C11H17N3OS. The van der Waals surface area contributed by atoms with Gasteiger partial charge in [0.05, 0.1) is 6.61 Å². The molecule has 5 heteroatoms. The molecule has 16 heavy (non-hydrogen) atoms. The molecule has 0 unspecified atom stereocenters. The van der Waals surface area contributed by atoms with Gasteiger partial charge in [-0.1, -0.05) is 0 Å². The smallest absolute Gasteiger partial charge is 0.202 e. The van der Waals surface area contributed by atoms with Crippen LogP contribution in [-0.4, -0.2) is 29.1 Å². The van der Waals surface area contributed by atoms with Crippen molar-refractivity contribution in [2.45, 2.75) is 31.6 Å². The van der Waals surface area contributed by atoms with E-state index in [1.807, 2.05) is 0 Å². The number of anilines is 1. The van der Waals surface area contributed by atoms with Crippen LogP contribution >= 0.6 is 11.5 Å². The molecule has 0 radical (unpaired) electrons. The number of aromatic nitrogens is 2. The van der Waals surface area contributed by atoms with Gasteiger partial charge in [-0.25, -0.2) is 4.98 Å². The fraction of sp³-hybridized carbons (Fsp3) is 0.818. The molecule has 2 aliphatic rings. The van der Waals surface area contributed by atoms with Gasteiger partial charge in [0, 0.05) is 30.6 Å². The molecule has 2 fully saturated rings. The lowest BCUT2D eigenvalue weighted by molar-refractivity contribution is 0.134. The van der Waals surface area contributed by atoms with Crippen LogP contribution in [0.1, 0.15) is 37.4 Å². The fourth-order valence-electron chi connectivity index (χ4n) is 1.58. The highest BCUT2D eigenvalue weighted by atomic mass is 32.1. The van der Waals surface area contributed by atoms with E-state index in [-0.39, 0.29) is 0 Å². The lowest BCUT2D eigenvalue weighted by atomic mass is 10.4. The Kier molecular flexibility index (Phi) is 3.06. The van der Waals surface area contributed by atoms with Crippen molar-refractivity contribution in [2.24, 2.45) is 5.92 Å². The first-order valence-corrected chi connectivity index (χ1v) is 6.84. The van der Waals surface area contributed by atoms with E-state index in [9.17, 15) is 0 Å². The average molecular weight is 239 g/mol. The quantitative estimate of drug-likeness (QED) is 0.741. The molecule has 3 rings (SSSR count). The zero-order chi connectivity index (χ0) is 10.8. The molecule has 0 aromatic carbocycles. The van der Waals surface area contributed by atoms with Gasteiger partial charge < -0.3 is 10.1 Å². The molecule has 1 N–H and O–H groups in total. The number of hydrogen-bond acceptors (Lipinski definition) is 5. The molecule has 0 amide bonds. The van der Waals surface area contributed by atoms with Gasteiger partial charge in [0.2, 0.25) is 5.13 Å². The van der Waals surface area contributed by atoms with Crippen LogP contribution in [0.25, 0.3) is 0 Å². The van der Waals surface area contributed by atoms with Gasteiger partial charge in [-0.15, -0.1) is 0 Å². The summed E-state index contributed by atoms with van der Waals surface area (Å²) in [5.41, 5.74) is 0. The van der Waals surface area contributed by atoms with Crippen LogP contribution in [0.3, 0.4) is 0 Å². The van der Waals surface area contributed by atoms with Crippen LogP contribution in [0, 0.1) is 5.92 Å². The molecule has 0 saturated heterocycles. The standard InChI is InChI=1S/C11H17N3OS/c1-2-8(1)7-15-6-5-12-11-13-10(14-16-11)9-3-4-9/h8-9H,1-7H2,(H,12,13,14). The van der Waals surface area contributed by atoms with Gasteiger partial charge in [-0.2, -0.15) is 4.37 Å². The third-order valence-corrected chi connectivity index (χ3v) is 3.64. The summed E-state index contributed by atoms with van der Waals surface area (Å²) in [6.45, 7) is 2.55. The van der Waals surface area contributed by atoms with Crippen molar-refractivity contribution >= 4 is 16.7 Å². The molecule has 2 aliphatic carbocycles. The molecular weight excluding hydrogens is 222 g/mol. The minimum atomic E-state index is 0.651. The normalized spacial score (nSPS) is 20.0. The number of nitrogens with zero attached hydrogens (tertiary/aromatic N) is 2. The zero-order valence-electron chi connectivity index (χ0n) is 9.32. The largest absolute Gasteiger partial charge is 0.379 e. The van der Waals surface area contributed by atoms with Crippen LogP contribution in [0.2, 0.25) is 0 Å². The molecule has 1 aromatic rings. The van der Waals surface area contributed by atoms with E-state index >= 15 is 0 Å². The lowest BCUT2D eigenvalue weighted by Gasteiger charge is -2.03. The van der Waals surface area contributed by atoms with E-state index in [0.29, 0.717) is 5.92 Å². The summed E-state index contributed by atoms with van der Waals surface area (Å²) in [5, 5.41) is 4.20. The molecule has 1 aromatic heterocycles. The maximum Gasteiger partial charge on any atom is 0.202 e. The highest BCUT2D eigenvalue weighted by Crippen LogP contribution is 2.39. The summed E-state index contributed by atoms with van der Waals surface area (Å²) in [4.78, 5) is 4.46. The molecule has 0 atom stereocenters. The van der Waals surface area contributed by atoms with Gasteiger partial charge >= 0.3 is 0 Å². The van der Waals surface area contributed by atoms with Gasteiger partial charge in [-0.05, 0) is 31.6 Å². The third kappa shape index (κ3) is 2.92. The van der Waals surface area contributed by atoms with Crippen LogP contribution in [0.15, 0.2) is 0 Å². The minimum Gasteiger partial charge on any atom is -0.379 e. The predicted octanol–water partition coefficient (Wildman–Crippen LogP) is 2.25. The van der Waals surface area contributed by atoms with E-state index < -0.39 is 0 Å². The fourth-order valence-corrected chi connectivity index (χ4v) is 2.25. The average Bonchev–Trinajstić information content (AvgIpc) is 3.19. The van der Waals surface area contributed by atoms with Gasteiger partial charge in [0.1, 0.15) is 5.82 Å². The van der Waals surface area contributed by atoms with Crippen LogP contribution in [-0.2, 0) is 4.74 Å². The number of hydrogen-bond donors (Lipinski definition) is 1. The number of rotatable bonds is 7. The monoisotopic (exact) mass is 239 g/mol. The van der Waals surface area contributed by atoms with Gasteiger partial charge in [0.15, 0.2) is 0 Å². The van der Waals surface area contributed by atoms with E-state index in [1.54, 1.807) is 0 Å². The lowest BCUT2D eigenvalue weighted by Crippen LogP contribution is -2.10. The van der Waals surface area contributed by atoms with E-state index in [0.717, 1.165) is 36.6 Å². The Hall–Kier alpha value is -0.680. The van der Waals surface area contributed by atoms with Crippen molar-refractivity contribution in [3.8, 4) is 0 Å². The first-order valence-electron chi connectivity index (χ1n) is 6.07. The SMILES string of the molecule is C(COCC1CC1)Nc1nc(C2CC2)ns1. The highest BCUT2D eigenvalue weighted by molar-refractivity contribution is 7.09. The van der Waals surface area contributed by atoms with Crippen molar-refractivity contribution in [1.82, 2.24) is 9.36 Å². The van der Waals surface area contributed by atoms with Crippen molar-refractivity contribution in [3.05, 3.63) is 5.82 Å². The molecule has 0 spiro atoms. The van der Waals surface area contributed by atoms with Gasteiger partial charge in [-0.3, -0.25) is 0 Å². The Bertz CT molecular complexity index is 347. The van der Waals surface area contributed by atoms with Crippen LogP contribution in [0.5, 0.6) is 0 Å². The Labute approximate surface area is 99.6 Å². The molecule has 0 bridgehead atoms. The Morgan fingerprint density at radius 1 is 1.31 bits per heavy atom. The molecule has 2 saturated carbocycles. The molecule has 0 aliphatic heterocycles. The minimum absolute atomic E-state index is 0.651. The van der Waals surface area contributed by atoms with E-state index in [1.165, 1.54) is 37.2 Å². The van der Waals surface area contributed by atoms with Crippen molar-refractivity contribution in [3.63, 3.8) is 0 Å². The number of ether oxygens (including phenoxy) is 1. The maximum atomic E-state index is 5.54. The molecule has 1 heterocycles. The van der Waals surface area contributed by atoms with Crippen molar-refractivity contribution in [1.29, 1.82) is 0 Å². The Balaban J connectivity index is 1.33. The second-order valence-electron chi connectivity index (χ2n) is 4.68.